The topological polar surface area (TPSA) is 41.1 Å². The first-order valence-electron chi connectivity index (χ1n) is 8.62. The van der Waals surface area contributed by atoms with E-state index < -0.39 is 0 Å². The van der Waals surface area contributed by atoms with Gasteiger partial charge < -0.3 is 10.6 Å². The van der Waals surface area contributed by atoms with Gasteiger partial charge in [0.15, 0.2) is 0 Å². The summed E-state index contributed by atoms with van der Waals surface area (Å²) in [7, 11) is 0. The number of benzene rings is 3. The van der Waals surface area contributed by atoms with Crippen molar-refractivity contribution in [3.63, 3.8) is 0 Å². The Morgan fingerprint density at radius 3 is 2.38 bits per heavy atom. The third-order valence-corrected chi connectivity index (χ3v) is 4.09. The average Bonchev–Trinajstić information content (AvgIpc) is 2.67. The molecular weight excluding hydrogens is 327 g/mol. The van der Waals surface area contributed by atoms with E-state index in [1.807, 2.05) is 54.6 Å². The Balaban J connectivity index is 1.59. The smallest absolute Gasteiger partial charge is 0.253 e. The van der Waals surface area contributed by atoms with Crippen LogP contribution in [-0.2, 0) is 13.0 Å². The maximum atomic E-state index is 13.3. The summed E-state index contributed by atoms with van der Waals surface area (Å²) < 4.78 is 13.3. The van der Waals surface area contributed by atoms with Gasteiger partial charge in [-0.2, -0.15) is 0 Å². The maximum Gasteiger partial charge on any atom is 0.253 e. The monoisotopic (exact) mass is 348 g/mol. The largest absolute Gasteiger partial charge is 0.380 e. The Hall–Kier alpha value is -3.14. The summed E-state index contributed by atoms with van der Waals surface area (Å²) >= 11 is 0. The third-order valence-electron chi connectivity index (χ3n) is 4.09. The van der Waals surface area contributed by atoms with E-state index in [2.05, 4.69) is 10.6 Å². The molecule has 0 heterocycles. The van der Waals surface area contributed by atoms with E-state index in [0.29, 0.717) is 18.7 Å². The summed E-state index contributed by atoms with van der Waals surface area (Å²) in [5.41, 5.74) is 3.32. The number of hydrogen-bond donors (Lipinski definition) is 2. The second-order valence-corrected chi connectivity index (χ2v) is 6.02. The third kappa shape index (κ3) is 4.93. The molecule has 0 aliphatic rings. The Morgan fingerprint density at radius 2 is 1.58 bits per heavy atom. The molecule has 0 saturated heterocycles. The Bertz CT molecular complexity index is 865. The van der Waals surface area contributed by atoms with Crippen molar-refractivity contribution in [3.8, 4) is 0 Å². The van der Waals surface area contributed by atoms with Crippen LogP contribution in [0.15, 0.2) is 78.9 Å². The summed E-state index contributed by atoms with van der Waals surface area (Å²) in [4.78, 5) is 12.5. The number of carbonyl (C=O) groups is 1. The lowest BCUT2D eigenvalue weighted by molar-refractivity contribution is 0.0955. The quantitative estimate of drug-likeness (QED) is 0.664. The normalized spacial score (nSPS) is 10.3. The molecule has 132 valence electrons. The molecule has 0 aliphatic heterocycles. The van der Waals surface area contributed by atoms with Crippen molar-refractivity contribution in [2.45, 2.75) is 13.0 Å². The van der Waals surface area contributed by atoms with Crippen LogP contribution in [-0.4, -0.2) is 12.5 Å². The van der Waals surface area contributed by atoms with Gasteiger partial charge in [0, 0.05) is 18.8 Å². The SMILES string of the molecule is O=C(NCCc1ccccc1)c1ccccc1NCc1cccc(F)c1. The number of anilines is 1. The zero-order valence-electron chi connectivity index (χ0n) is 14.4. The average molecular weight is 348 g/mol. The van der Waals surface area contributed by atoms with E-state index in [1.165, 1.54) is 17.7 Å². The molecule has 26 heavy (non-hydrogen) atoms. The Morgan fingerprint density at radius 1 is 0.846 bits per heavy atom. The highest BCUT2D eigenvalue weighted by Gasteiger charge is 2.10. The van der Waals surface area contributed by atoms with Crippen molar-refractivity contribution in [1.29, 1.82) is 0 Å². The molecule has 0 bridgehead atoms. The molecule has 2 N–H and O–H groups in total. The first-order valence-corrected chi connectivity index (χ1v) is 8.62. The fraction of sp³-hybridized carbons (Fsp3) is 0.136. The molecule has 0 radical (unpaired) electrons. The second kappa shape index (κ2) is 8.81. The van der Waals surface area contributed by atoms with E-state index in [-0.39, 0.29) is 11.7 Å². The first kappa shape index (κ1) is 17.7. The lowest BCUT2D eigenvalue weighted by Crippen LogP contribution is -2.26. The molecule has 0 aromatic heterocycles. The van der Waals surface area contributed by atoms with Crippen LogP contribution in [0.4, 0.5) is 10.1 Å². The van der Waals surface area contributed by atoms with Crippen molar-refractivity contribution in [3.05, 3.63) is 101 Å². The first-order chi connectivity index (χ1) is 12.7. The van der Waals surface area contributed by atoms with Gasteiger partial charge in [0.2, 0.25) is 0 Å². The Kier molecular flexibility index (Phi) is 5.99. The van der Waals surface area contributed by atoms with Crippen LogP contribution in [0.1, 0.15) is 21.5 Å². The van der Waals surface area contributed by atoms with Gasteiger partial charge in [-0.25, -0.2) is 4.39 Å². The zero-order valence-corrected chi connectivity index (χ0v) is 14.4. The maximum absolute atomic E-state index is 13.3. The van der Waals surface area contributed by atoms with Crippen LogP contribution >= 0.6 is 0 Å². The highest BCUT2D eigenvalue weighted by Crippen LogP contribution is 2.16. The lowest BCUT2D eigenvalue weighted by Gasteiger charge is -2.12. The minimum atomic E-state index is -0.267. The van der Waals surface area contributed by atoms with E-state index in [0.717, 1.165) is 17.7 Å². The molecule has 0 spiro atoms. The fourth-order valence-electron chi connectivity index (χ4n) is 2.74. The fourth-order valence-corrected chi connectivity index (χ4v) is 2.74. The zero-order chi connectivity index (χ0) is 18.2. The predicted molar refractivity (Wildman–Crippen MR) is 103 cm³/mol. The number of nitrogens with one attached hydrogen (secondary N) is 2. The molecule has 3 aromatic rings. The van der Waals surface area contributed by atoms with Crippen molar-refractivity contribution in [1.82, 2.24) is 5.32 Å². The van der Waals surface area contributed by atoms with Crippen molar-refractivity contribution in [2.24, 2.45) is 0 Å². The highest BCUT2D eigenvalue weighted by atomic mass is 19.1. The van der Waals surface area contributed by atoms with Gasteiger partial charge in [0.25, 0.3) is 5.91 Å². The summed E-state index contributed by atoms with van der Waals surface area (Å²) in [5, 5.41) is 6.17. The molecule has 0 fully saturated rings. The van der Waals surface area contributed by atoms with E-state index in [1.54, 1.807) is 12.1 Å². The standard InChI is InChI=1S/C22H21FN2O/c23-19-10-6-9-18(15-19)16-25-21-12-5-4-11-20(21)22(26)24-14-13-17-7-2-1-3-8-17/h1-12,15,25H,13-14,16H2,(H,24,26). The van der Waals surface area contributed by atoms with Gasteiger partial charge in [-0.05, 0) is 41.8 Å². The molecule has 3 aromatic carbocycles. The van der Waals surface area contributed by atoms with Crippen LogP contribution < -0.4 is 10.6 Å². The van der Waals surface area contributed by atoms with E-state index in [9.17, 15) is 9.18 Å². The molecular formula is C22H21FN2O. The van der Waals surface area contributed by atoms with Crippen LogP contribution in [0.5, 0.6) is 0 Å². The second-order valence-electron chi connectivity index (χ2n) is 6.02. The van der Waals surface area contributed by atoms with Gasteiger partial charge in [-0.15, -0.1) is 0 Å². The van der Waals surface area contributed by atoms with Crippen molar-refractivity contribution in [2.75, 3.05) is 11.9 Å². The van der Waals surface area contributed by atoms with Crippen LogP contribution in [0.2, 0.25) is 0 Å². The number of carbonyl (C=O) groups excluding carboxylic acids is 1. The van der Waals surface area contributed by atoms with E-state index >= 15 is 0 Å². The van der Waals surface area contributed by atoms with Crippen LogP contribution in [0.25, 0.3) is 0 Å². The lowest BCUT2D eigenvalue weighted by atomic mass is 10.1. The molecule has 4 heteroatoms. The molecule has 0 aliphatic carbocycles. The number of para-hydroxylation sites is 1. The van der Waals surface area contributed by atoms with E-state index in [4.69, 9.17) is 0 Å². The molecule has 0 atom stereocenters. The van der Waals surface area contributed by atoms with Crippen LogP contribution in [0.3, 0.4) is 0 Å². The molecule has 0 saturated carbocycles. The van der Waals surface area contributed by atoms with Gasteiger partial charge in [-0.3, -0.25) is 4.79 Å². The number of halogens is 1. The minimum absolute atomic E-state index is 0.122. The molecule has 3 rings (SSSR count). The summed E-state index contributed by atoms with van der Waals surface area (Å²) in [5.74, 6) is -0.389. The van der Waals surface area contributed by atoms with Gasteiger partial charge in [0.05, 0.1) is 5.56 Å². The summed E-state index contributed by atoms with van der Waals surface area (Å²) in [6.45, 7) is 1.02. The van der Waals surface area contributed by atoms with Crippen molar-refractivity contribution < 1.29 is 9.18 Å². The molecule has 1 amide bonds. The predicted octanol–water partition coefficient (Wildman–Crippen LogP) is 4.41. The minimum Gasteiger partial charge on any atom is -0.380 e. The van der Waals surface area contributed by atoms with Gasteiger partial charge in [0.1, 0.15) is 5.82 Å². The van der Waals surface area contributed by atoms with Gasteiger partial charge in [-0.1, -0.05) is 54.6 Å². The summed E-state index contributed by atoms with van der Waals surface area (Å²) in [6, 6.07) is 23.8. The van der Waals surface area contributed by atoms with Gasteiger partial charge >= 0.3 is 0 Å². The van der Waals surface area contributed by atoms with Crippen LogP contribution in [0, 0.1) is 5.82 Å². The Labute approximate surface area is 152 Å². The highest BCUT2D eigenvalue weighted by molar-refractivity contribution is 5.99. The molecule has 0 unspecified atom stereocenters. The number of amides is 1. The molecule has 3 nitrogen and oxygen atoms in total. The summed E-state index contributed by atoms with van der Waals surface area (Å²) in [6.07, 6.45) is 0.783. The van der Waals surface area contributed by atoms with Crippen molar-refractivity contribution >= 4 is 11.6 Å². The number of hydrogen-bond acceptors (Lipinski definition) is 2. The number of rotatable bonds is 7.